The number of anilines is 1. The molecule has 0 unspecified atom stereocenters. The van der Waals surface area contributed by atoms with Crippen LogP contribution in [0.1, 0.15) is 15.9 Å². The number of benzene rings is 2. The molecule has 3 N–H and O–H groups in total. The molecule has 0 aliphatic carbocycles. The third kappa shape index (κ3) is 5.04. The van der Waals surface area contributed by atoms with Crippen molar-refractivity contribution in [1.82, 2.24) is 9.78 Å². The molecule has 29 heavy (non-hydrogen) atoms. The number of carbonyl (C=O) groups is 1. The number of carbonyl (C=O) groups excluding carboxylic acids is 1. The van der Waals surface area contributed by atoms with E-state index in [0.29, 0.717) is 17.8 Å². The van der Waals surface area contributed by atoms with E-state index >= 15 is 0 Å². The first-order chi connectivity index (χ1) is 13.6. The van der Waals surface area contributed by atoms with Crippen molar-refractivity contribution in [3.05, 3.63) is 80.4 Å². The van der Waals surface area contributed by atoms with Gasteiger partial charge in [0.25, 0.3) is 5.91 Å². The van der Waals surface area contributed by atoms with Gasteiger partial charge < -0.3 is 15.4 Å². The molecule has 150 valence electrons. The van der Waals surface area contributed by atoms with Crippen LogP contribution in [0.5, 0.6) is 0 Å². The molecule has 3 rings (SSSR count). The highest BCUT2D eigenvalue weighted by atomic mass is 79.9. The molecule has 1 heterocycles. The first-order valence-corrected chi connectivity index (χ1v) is 10.4. The maximum Gasteiger partial charge on any atom is 0.404 e. The van der Waals surface area contributed by atoms with Crippen LogP contribution in [0.15, 0.2) is 64.1 Å². The van der Waals surface area contributed by atoms with Crippen molar-refractivity contribution in [3.63, 3.8) is 0 Å². The van der Waals surface area contributed by atoms with E-state index in [-0.39, 0.29) is 21.1 Å². The summed E-state index contributed by atoms with van der Waals surface area (Å²) in [7, 11) is -3.80. The van der Waals surface area contributed by atoms with Crippen LogP contribution in [0.3, 0.4) is 0 Å². The summed E-state index contributed by atoms with van der Waals surface area (Å²) >= 11 is 3.09. The molecule has 0 spiro atoms. The highest BCUT2D eigenvalue weighted by Gasteiger charge is 2.18. The molecular weight excluding hydrogens is 466 g/mol. The van der Waals surface area contributed by atoms with Crippen LogP contribution in [0.25, 0.3) is 0 Å². The van der Waals surface area contributed by atoms with Gasteiger partial charge in [0.05, 0.1) is 22.7 Å². The Balaban J connectivity index is 1.67. The van der Waals surface area contributed by atoms with Crippen molar-refractivity contribution in [2.75, 3.05) is 5.32 Å². The Bertz CT molecular complexity index is 1170. The number of nitro groups is 1. The molecule has 2 aromatic carbocycles. The van der Waals surface area contributed by atoms with Crippen molar-refractivity contribution in [1.29, 1.82) is 0 Å². The molecule has 0 bridgehead atoms. The second kappa shape index (κ2) is 8.11. The SMILES string of the molecule is NS(=O)(=O)c1ccc(NC(=O)c2ccc(Cn3cc(Br)c([N+](=O)[O-])n3)cc2)cc1. The van der Waals surface area contributed by atoms with E-state index in [0.717, 1.165) is 5.56 Å². The van der Waals surface area contributed by atoms with E-state index < -0.39 is 14.9 Å². The van der Waals surface area contributed by atoms with Gasteiger partial charge in [-0.3, -0.25) is 4.79 Å². The molecule has 1 amide bonds. The van der Waals surface area contributed by atoms with Gasteiger partial charge >= 0.3 is 5.82 Å². The van der Waals surface area contributed by atoms with E-state index in [1.54, 1.807) is 24.3 Å². The molecule has 0 saturated carbocycles. The first-order valence-electron chi connectivity index (χ1n) is 8.04. The van der Waals surface area contributed by atoms with E-state index in [1.807, 2.05) is 0 Å². The minimum atomic E-state index is -3.80. The average molecular weight is 480 g/mol. The topological polar surface area (TPSA) is 150 Å². The molecule has 0 radical (unpaired) electrons. The van der Waals surface area contributed by atoms with Gasteiger partial charge in [0, 0.05) is 11.3 Å². The molecule has 0 saturated heterocycles. The highest BCUT2D eigenvalue weighted by Crippen LogP contribution is 2.22. The number of halogens is 1. The Morgan fingerprint density at radius 1 is 1.17 bits per heavy atom. The first kappa shape index (κ1) is 20.6. The predicted molar refractivity (Wildman–Crippen MR) is 108 cm³/mol. The number of nitrogens with one attached hydrogen (secondary N) is 1. The van der Waals surface area contributed by atoms with Gasteiger partial charge in [-0.05, 0) is 62.8 Å². The van der Waals surface area contributed by atoms with Crippen LogP contribution in [0, 0.1) is 10.1 Å². The van der Waals surface area contributed by atoms with Crippen LogP contribution < -0.4 is 10.5 Å². The third-order valence-corrected chi connectivity index (χ3v) is 5.36. The maximum absolute atomic E-state index is 12.3. The smallest absolute Gasteiger partial charge is 0.358 e. The molecule has 0 atom stereocenters. The number of aromatic nitrogens is 2. The highest BCUT2D eigenvalue weighted by molar-refractivity contribution is 9.10. The Labute approximate surface area is 173 Å². The standard InChI is InChI=1S/C17H14BrN5O5S/c18-15-10-22(21-16(15)23(25)26)9-11-1-3-12(4-2-11)17(24)20-13-5-7-14(8-6-13)29(19,27)28/h1-8,10H,9H2,(H,20,24)(H2,19,27,28). The van der Waals surface area contributed by atoms with Crippen molar-refractivity contribution < 1.29 is 18.1 Å². The quantitative estimate of drug-likeness (QED) is 0.409. The van der Waals surface area contributed by atoms with E-state index in [2.05, 4.69) is 26.3 Å². The van der Waals surface area contributed by atoms with E-state index in [1.165, 1.54) is 35.1 Å². The monoisotopic (exact) mass is 479 g/mol. The van der Waals surface area contributed by atoms with Crippen molar-refractivity contribution in [2.45, 2.75) is 11.4 Å². The molecule has 3 aromatic rings. The Hall–Kier alpha value is -3.09. The zero-order chi connectivity index (χ0) is 21.2. The lowest BCUT2D eigenvalue weighted by Crippen LogP contribution is -2.14. The fourth-order valence-electron chi connectivity index (χ4n) is 2.47. The molecule has 12 heteroatoms. The normalized spacial score (nSPS) is 11.2. The summed E-state index contributed by atoms with van der Waals surface area (Å²) in [5, 5.41) is 22.4. The summed E-state index contributed by atoms with van der Waals surface area (Å²) in [4.78, 5) is 22.5. The Morgan fingerprint density at radius 2 is 1.79 bits per heavy atom. The largest absolute Gasteiger partial charge is 0.404 e. The molecule has 1 aromatic heterocycles. The van der Waals surface area contributed by atoms with Gasteiger partial charge in [-0.2, -0.15) is 4.68 Å². The van der Waals surface area contributed by atoms with E-state index in [4.69, 9.17) is 5.14 Å². The lowest BCUT2D eigenvalue weighted by molar-refractivity contribution is -0.390. The van der Waals surface area contributed by atoms with E-state index in [9.17, 15) is 23.3 Å². The summed E-state index contributed by atoms with van der Waals surface area (Å²) in [6, 6.07) is 12.1. The zero-order valence-corrected chi connectivity index (χ0v) is 17.1. The number of nitrogens with zero attached hydrogens (tertiary/aromatic N) is 3. The Kier molecular flexibility index (Phi) is 5.77. The third-order valence-electron chi connectivity index (χ3n) is 3.87. The number of amides is 1. The number of primary sulfonamides is 1. The second-order valence-corrected chi connectivity index (χ2v) is 8.39. The van der Waals surface area contributed by atoms with Crippen LogP contribution in [0.2, 0.25) is 0 Å². The molecule has 0 aliphatic heterocycles. The minimum absolute atomic E-state index is 0.0506. The maximum atomic E-state index is 12.3. The number of nitrogens with two attached hydrogens (primary N) is 1. The summed E-state index contributed by atoms with van der Waals surface area (Å²) < 4.78 is 24.2. The van der Waals surface area contributed by atoms with Crippen LogP contribution in [-0.4, -0.2) is 29.0 Å². The van der Waals surface area contributed by atoms with Gasteiger partial charge in [-0.1, -0.05) is 12.1 Å². The fourth-order valence-corrected chi connectivity index (χ4v) is 3.45. The summed E-state index contributed by atoms with van der Waals surface area (Å²) in [6.07, 6.45) is 1.50. The van der Waals surface area contributed by atoms with Crippen LogP contribution in [-0.2, 0) is 16.6 Å². The van der Waals surface area contributed by atoms with Crippen molar-refractivity contribution in [3.8, 4) is 0 Å². The second-order valence-electron chi connectivity index (χ2n) is 5.98. The Morgan fingerprint density at radius 3 is 2.31 bits per heavy atom. The average Bonchev–Trinajstić information content (AvgIpc) is 3.02. The molecule has 10 nitrogen and oxygen atoms in total. The lowest BCUT2D eigenvalue weighted by Gasteiger charge is -2.07. The van der Waals surface area contributed by atoms with Gasteiger partial charge in [0.1, 0.15) is 4.47 Å². The van der Waals surface area contributed by atoms with Crippen molar-refractivity contribution >= 4 is 43.4 Å². The number of hydrogen-bond acceptors (Lipinski definition) is 6. The van der Waals surface area contributed by atoms with Gasteiger partial charge in [0.15, 0.2) is 0 Å². The number of hydrogen-bond donors (Lipinski definition) is 2. The summed E-state index contributed by atoms with van der Waals surface area (Å²) in [6.45, 7) is 0.295. The lowest BCUT2D eigenvalue weighted by atomic mass is 10.1. The van der Waals surface area contributed by atoms with Gasteiger partial charge in [0.2, 0.25) is 10.0 Å². The molecular formula is C17H14BrN5O5S. The summed E-state index contributed by atoms with van der Waals surface area (Å²) in [5.41, 5.74) is 1.60. The number of rotatable bonds is 6. The fraction of sp³-hybridized carbons (Fsp3) is 0.0588. The van der Waals surface area contributed by atoms with Gasteiger partial charge in [-0.15, -0.1) is 0 Å². The summed E-state index contributed by atoms with van der Waals surface area (Å²) in [5.74, 6) is -0.646. The van der Waals surface area contributed by atoms with Crippen LogP contribution >= 0.6 is 15.9 Å². The minimum Gasteiger partial charge on any atom is -0.358 e. The predicted octanol–water partition coefficient (Wildman–Crippen LogP) is 2.50. The van der Waals surface area contributed by atoms with Crippen LogP contribution in [0.4, 0.5) is 11.5 Å². The zero-order valence-electron chi connectivity index (χ0n) is 14.6. The van der Waals surface area contributed by atoms with Gasteiger partial charge in [-0.25, -0.2) is 13.6 Å². The number of sulfonamides is 1. The molecule has 0 aliphatic rings. The van der Waals surface area contributed by atoms with Crippen molar-refractivity contribution in [2.24, 2.45) is 5.14 Å². The molecule has 0 fully saturated rings.